The summed E-state index contributed by atoms with van der Waals surface area (Å²) < 4.78 is 5.18. The van der Waals surface area contributed by atoms with Gasteiger partial charge in [0.1, 0.15) is 5.60 Å². The number of alkyl carbamates (subject to hydrolysis) is 1. The van der Waals surface area contributed by atoms with Gasteiger partial charge in [0.25, 0.3) is 0 Å². The van der Waals surface area contributed by atoms with Crippen LogP contribution in [-0.4, -0.2) is 48.7 Å². The number of piperidine rings is 1. The van der Waals surface area contributed by atoms with Crippen molar-refractivity contribution in [1.82, 2.24) is 10.2 Å². The lowest BCUT2D eigenvalue weighted by molar-refractivity contribution is -0.119. The van der Waals surface area contributed by atoms with Gasteiger partial charge < -0.3 is 15.8 Å². The zero-order valence-corrected chi connectivity index (χ0v) is 12.8. The van der Waals surface area contributed by atoms with Gasteiger partial charge in [-0.1, -0.05) is 0 Å². The van der Waals surface area contributed by atoms with Crippen molar-refractivity contribution >= 4 is 12.0 Å². The Kier molecular flexibility index (Phi) is 6.26. The van der Waals surface area contributed by atoms with Gasteiger partial charge >= 0.3 is 6.09 Å². The first-order valence-corrected chi connectivity index (χ1v) is 7.24. The molecule has 116 valence electrons. The second kappa shape index (κ2) is 7.47. The van der Waals surface area contributed by atoms with E-state index in [1.165, 1.54) is 0 Å². The number of rotatable bonds is 5. The SMILES string of the molecule is CC(C)(C)OC(=O)NCCC1CCN(CC(N)=O)CC1. The van der Waals surface area contributed by atoms with Crippen molar-refractivity contribution in [3.05, 3.63) is 0 Å². The van der Waals surface area contributed by atoms with Gasteiger partial charge in [-0.2, -0.15) is 0 Å². The van der Waals surface area contributed by atoms with Crippen LogP contribution in [0, 0.1) is 5.92 Å². The number of hydrogen-bond acceptors (Lipinski definition) is 4. The molecule has 1 rings (SSSR count). The van der Waals surface area contributed by atoms with Crippen LogP contribution in [0.4, 0.5) is 4.79 Å². The van der Waals surface area contributed by atoms with Crippen LogP contribution in [0.1, 0.15) is 40.0 Å². The molecule has 3 N–H and O–H groups in total. The molecule has 6 nitrogen and oxygen atoms in total. The fourth-order valence-electron chi connectivity index (χ4n) is 2.35. The third-order valence-electron chi connectivity index (χ3n) is 3.31. The zero-order chi connectivity index (χ0) is 15.2. The molecule has 0 aromatic heterocycles. The molecule has 20 heavy (non-hydrogen) atoms. The van der Waals surface area contributed by atoms with Crippen molar-refractivity contribution in [1.29, 1.82) is 0 Å². The summed E-state index contributed by atoms with van der Waals surface area (Å²) in [6.45, 7) is 8.33. The van der Waals surface area contributed by atoms with E-state index in [0.29, 0.717) is 19.0 Å². The zero-order valence-electron chi connectivity index (χ0n) is 12.8. The first kappa shape index (κ1) is 16.8. The first-order valence-electron chi connectivity index (χ1n) is 7.24. The molecule has 0 spiro atoms. The lowest BCUT2D eigenvalue weighted by atomic mass is 9.93. The standard InChI is InChI=1S/C14H27N3O3/c1-14(2,3)20-13(19)16-7-4-11-5-8-17(9-6-11)10-12(15)18/h11H,4-10H2,1-3H3,(H2,15,18)(H,16,19). The number of nitrogens with zero attached hydrogens (tertiary/aromatic N) is 1. The maximum Gasteiger partial charge on any atom is 0.407 e. The van der Waals surface area contributed by atoms with Crippen LogP contribution in [0.2, 0.25) is 0 Å². The van der Waals surface area contributed by atoms with Gasteiger partial charge in [-0.15, -0.1) is 0 Å². The Bertz CT molecular complexity index is 331. The fourth-order valence-corrected chi connectivity index (χ4v) is 2.35. The number of likely N-dealkylation sites (tertiary alicyclic amines) is 1. The molecule has 1 aliphatic heterocycles. The summed E-state index contributed by atoms with van der Waals surface area (Å²) in [6.07, 6.45) is 2.68. The minimum Gasteiger partial charge on any atom is -0.444 e. The first-order chi connectivity index (χ1) is 9.26. The van der Waals surface area contributed by atoms with Crippen LogP contribution in [-0.2, 0) is 9.53 Å². The number of carbonyl (C=O) groups is 2. The Labute approximate surface area is 121 Å². The Balaban J connectivity index is 2.12. The quantitative estimate of drug-likeness (QED) is 0.792. The van der Waals surface area contributed by atoms with E-state index in [1.54, 1.807) is 0 Å². The second-order valence-corrected chi connectivity index (χ2v) is 6.40. The molecule has 0 aromatic carbocycles. The molecule has 1 saturated heterocycles. The molecule has 1 aliphatic rings. The predicted molar refractivity (Wildman–Crippen MR) is 77.2 cm³/mol. The lowest BCUT2D eigenvalue weighted by Gasteiger charge is -2.31. The predicted octanol–water partition coefficient (Wildman–Crippen LogP) is 1.10. The Morgan fingerprint density at radius 1 is 1.30 bits per heavy atom. The number of primary amides is 1. The molecular weight excluding hydrogens is 258 g/mol. The van der Waals surface area contributed by atoms with Crippen LogP contribution in [0.15, 0.2) is 0 Å². The van der Waals surface area contributed by atoms with Crippen LogP contribution >= 0.6 is 0 Å². The maximum atomic E-state index is 11.5. The summed E-state index contributed by atoms with van der Waals surface area (Å²) in [5.41, 5.74) is 4.73. The Morgan fingerprint density at radius 3 is 2.40 bits per heavy atom. The van der Waals surface area contributed by atoms with Gasteiger partial charge in [-0.25, -0.2) is 4.79 Å². The van der Waals surface area contributed by atoms with Crippen LogP contribution in [0.3, 0.4) is 0 Å². The van der Waals surface area contributed by atoms with E-state index in [2.05, 4.69) is 10.2 Å². The minimum absolute atomic E-state index is 0.268. The molecule has 2 amide bonds. The highest BCUT2D eigenvalue weighted by Gasteiger charge is 2.20. The average molecular weight is 285 g/mol. The van der Waals surface area contributed by atoms with Gasteiger partial charge in [0.15, 0.2) is 0 Å². The topological polar surface area (TPSA) is 84.7 Å². The molecule has 0 unspecified atom stereocenters. The van der Waals surface area contributed by atoms with Gasteiger partial charge in [0, 0.05) is 6.54 Å². The molecular formula is C14H27N3O3. The van der Waals surface area contributed by atoms with E-state index in [4.69, 9.17) is 10.5 Å². The van der Waals surface area contributed by atoms with Crippen molar-refractivity contribution in [2.45, 2.75) is 45.6 Å². The summed E-state index contributed by atoms with van der Waals surface area (Å²) in [5.74, 6) is 0.323. The Hall–Kier alpha value is -1.30. The van der Waals surface area contributed by atoms with Crippen molar-refractivity contribution in [2.24, 2.45) is 11.7 Å². The van der Waals surface area contributed by atoms with E-state index >= 15 is 0 Å². The molecule has 0 radical (unpaired) electrons. The van der Waals surface area contributed by atoms with Crippen molar-refractivity contribution in [2.75, 3.05) is 26.2 Å². The van der Waals surface area contributed by atoms with Gasteiger partial charge in [-0.3, -0.25) is 9.69 Å². The molecule has 0 saturated carbocycles. The summed E-state index contributed by atoms with van der Waals surface area (Å²) in [5, 5.41) is 2.78. The molecule has 0 aromatic rings. The van der Waals surface area contributed by atoms with E-state index in [0.717, 1.165) is 32.4 Å². The number of nitrogens with one attached hydrogen (secondary N) is 1. The Morgan fingerprint density at radius 2 is 1.90 bits per heavy atom. The third-order valence-corrected chi connectivity index (χ3v) is 3.31. The summed E-state index contributed by atoms with van der Waals surface area (Å²) in [6, 6.07) is 0. The summed E-state index contributed by atoms with van der Waals surface area (Å²) >= 11 is 0. The molecule has 0 aliphatic carbocycles. The van der Waals surface area contributed by atoms with Gasteiger partial charge in [0.2, 0.25) is 5.91 Å². The number of hydrogen-bond donors (Lipinski definition) is 2. The average Bonchev–Trinajstić information content (AvgIpc) is 2.28. The van der Waals surface area contributed by atoms with E-state index in [-0.39, 0.29) is 12.0 Å². The molecule has 6 heteroatoms. The number of ether oxygens (including phenoxy) is 1. The number of carbonyl (C=O) groups excluding carboxylic acids is 2. The second-order valence-electron chi connectivity index (χ2n) is 6.40. The molecule has 0 bridgehead atoms. The van der Waals surface area contributed by atoms with Crippen molar-refractivity contribution in [3.8, 4) is 0 Å². The summed E-state index contributed by atoms with van der Waals surface area (Å²) in [7, 11) is 0. The molecule has 0 atom stereocenters. The molecule has 1 fully saturated rings. The number of nitrogens with two attached hydrogens (primary N) is 1. The highest BCUT2D eigenvalue weighted by atomic mass is 16.6. The van der Waals surface area contributed by atoms with E-state index in [9.17, 15) is 9.59 Å². The smallest absolute Gasteiger partial charge is 0.407 e. The highest BCUT2D eigenvalue weighted by molar-refractivity contribution is 5.75. The lowest BCUT2D eigenvalue weighted by Crippen LogP contribution is -2.40. The third kappa shape index (κ3) is 7.33. The van der Waals surface area contributed by atoms with Gasteiger partial charge in [0.05, 0.1) is 6.54 Å². The van der Waals surface area contributed by atoms with Crippen molar-refractivity contribution < 1.29 is 14.3 Å². The monoisotopic (exact) mass is 285 g/mol. The van der Waals surface area contributed by atoms with Gasteiger partial charge in [-0.05, 0) is 59.0 Å². The van der Waals surface area contributed by atoms with E-state index in [1.807, 2.05) is 20.8 Å². The largest absolute Gasteiger partial charge is 0.444 e. The normalized spacial score (nSPS) is 17.8. The van der Waals surface area contributed by atoms with Crippen LogP contribution < -0.4 is 11.1 Å². The fraction of sp³-hybridized carbons (Fsp3) is 0.857. The maximum absolute atomic E-state index is 11.5. The molecule has 1 heterocycles. The highest BCUT2D eigenvalue weighted by Crippen LogP contribution is 2.19. The van der Waals surface area contributed by atoms with Crippen LogP contribution in [0.25, 0.3) is 0 Å². The van der Waals surface area contributed by atoms with Crippen molar-refractivity contribution in [3.63, 3.8) is 0 Å². The summed E-state index contributed by atoms with van der Waals surface area (Å²) in [4.78, 5) is 24.4. The van der Waals surface area contributed by atoms with E-state index < -0.39 is 5.60 Å². The number of amides is 2. The van der Waals surface area contributed by atoms with Crippen LogP contribution in [0.5, 0.6) is 0 Å². The minimum atomic E-state index is -0.454.